The molecule has 3 nitrogen and oxygen atoms in total. The first-order valence-electron chi connectivity index (χ1n) is 7.44. The minimum absolute atomic E-state index is 0.0442. The molecule has 1 atom stereocenters. The van der Waals surface area contributed by atoms with Crippen molar-refractivity contribution in [3.8, 4) is 6.07 Å². The molecule has 0 aromatic heterocycles. The number of alkyl halides is 3. The van der Waals surface area contributed by atoms with E-state index in [4.69, 9.17) is 11.0 Å². The predicted molar refractivity (Wildman–Crippen MR) is 89.4 cm³/mol. The Kier molecular flexibility index (Phi) is 7.28. The van der Waals surface area contributed by atoms with Gasteiger partial charge < -0.3 is 11.1 Å². The quantitative estimate of drug-likeness (QED) is 0.853. The van der Waals surface area contributed by atoms with E-state index in [1.165, 1.54) is 12.1 Å². The molecule has 0 heterocycles. The summed E-state index contributed by atoms with van der Waals surface area (Å²) in [5, 5.41) is 11.4. The van der Waals surface area contributed by atoms with Gasteiger partial charge in [0, 0.05) is 18.3 Å². The number of benzene rings is 2. The number of hydrogen-bond acceptors (Lipinski definition) is 3. The van der Waals surface area contributed by atoms with Crippen LogP contribution in [-0.2, 0) is 6.18 Å². The van der Waals surface area contributed by atoms with Crippen molar-refractivity contribution in [1.82, 2.24) is 0 Å². The maximum atomic E-state index is 12.1. The molecule has 2 rings (SSSR count). The first-order chi connectivity index (χ1) is 11.3. The number of nitrogens with zero attached hydrogens (tertiary/aromatic N) is 1. The topological polar surface area (TPSA) is 61.8 Å². The fourth-order valence-corrected chi connectivity index (χ4v) is 1.84. The van der Waals surface area contributed by atoms with E-state index >= 15 is 0 Å². The lowest BCUT2D eigenvalue weighted by Gasteiger charge is -2.07. The van der Waals surface area contributed by atoms with E-state index in [0.29, 0.717) is 17.8 Å². The molecule has 2 aromatic rings. The van der Waals surface area contributed by atoms with Gasteiger partial charge in [-0.2, -0.15) is 18.4 Å². The molecule has 24 heavy (non-hydrogen) atoms. The van der Waals surface area contributed by atoms with Gasteiger partial charge in [0.2, 0.25) is 0 Å². The van der Waals surface area contributed by atoms with Gasteiger partial charge in [-0.1, -0.05) is 12.1 Å². The van der Waals surface area contributed by atoms with Crippen LogP contribution in [0, 0.1) is 11.3 Å². The minimum Gasteiger partial charge on any atom is -0.385 e. The molecule has 0 saturated carbocycles. The summed E-state index contributed by atoms with van der Waals surface area (Å²) in [5.74, 6) is 0. The van der Waals surface area contributed by atoms with Crippen molar-refractivity contribution in [2.75, 3.05) is 11.9 Å². The minimum atomic E-state index is -4.25. The molecular weight excluding hydrogens is 315 g/mol. The smallest absolute Gasteiger partial charge is 0.385 e. The number of nitriles is 1. The molecule has 0 saturated heterocycles. The Morgan fingerprint density at radius 1 is 1.08 bits per heavy atom. The van der Waals surface area contributed by atoms with E-state index in [1.54, 1.807) is 12.1 Å². The maximum absolute atomic E-state index is 12.1. The highest BCUT2D eigenvalue weighted by molar-refractivity contribution is 5.44. The third-order valence-electron chi connectivity index (χ3n) is 3.16. The highest BCUT2D eigenvalue weighted by atomic mass is 19.4. The van der Waals surface area contributed by atoms with Crippen molar-refractivity contribution in [3.63, 3.8) is 0 Å². The first kappa shape index (κ1) is 19.5. The summed E-state index contributed by atoms with van der Waals surface area (Å²) in [6.45, 7) is 4.50. The highest BCUT2D eigenvalue weighted by Gasteiger charge is 2.29. The Morgan fingerprint density at radius 2 is 1.62 bits per heavy atom. The summed E-state index contributed by atoms with van der Waals surface area (Å²) in [4.78, 5) is 0. The van der Waals surface area contributed by atoms with E-state index in [2.05, 4.69) is 11.4 Å². The zero-order valence-corrected chi connectivity index (χ0v) is 13.6. The molecule has 0 radical (unpaired) electrons. The summed E-state index contributed by atoms with van der Waals surface area (Å²) in [5.41, 5.74) is 7.44. The van der Waals surface area contributed by atoms with Crippen LogP contribution < -0.4 is 11.1 Å². The lowest BCUT2D eigenvalue weighted by Crippen LogP contribution is -2.05. The maximum Gasteiger partial charge on any atom is 0.416 e. The number of anilines is 1. The van der Waals surface area contributed by atoms with Gasteiger partial charge in [-0.05, 0) is 55.8 Å². The molecule has 0 spiro atoms. The average Bonchev–Trinajstić information content (AvgIpc) is 2.55. The molecule has 1 unspecified atom stereocenters. The molecule has 0 aliphatic rings. The number of nitrogens with two attached hydrogens (primary N) is 1. The molecule has 3 N–H and O–H groups in total. The summed E-state index contributed by atoms with van der Waals surface area (Å²) in [6, 6.07) is 14.4. The Balaban J connectivity index is 0.000000243. The van der Waals surface area contributed by atoms with Crippen molar-refractivity contribution in [2.24, 2.45) is 5.73 Å². The Morgan fingerprint density at radius 3 is 2.00 bits per heavy atom. The second-order valence-electron chi connectivity index (χ2n) is 5.13. The van der Waals surface area contributed by atoms with E-state index in [0.717, 1.165) is 17.7 Å². The SMILES string of the molecule is CC(N)c1ccc(C#N)cc1.CCNc1ccc(C(F)(F)F)cc1. The van der Waals surface area contributed by atoms with E-state index < -0.39 is 11.7 Å². The molecule has 2 aromatic carbocycles. The summed E-state index contributed by atoms with van der Waals surface area (Å²) >= 11 is 0. The number of halogens is 3. The third-order valence-corrected chi connectivity index (χ3v) is 3.16. The molecular formula is C18H20F3N3. The Labute approximate surface area is 139 Å². The zero-order valence-electron chi connectivity index (χ0n) is 13.6. The fraction of sp³-hybridized carbons (Fsp3) is 0.278. The lowest BCUT2D eigenvalue weighted by atomic mass is 10.1. The van der Waals surface area contributed by atoms with Gasteiger partial charge in [0.25, 0.3) is 0 Å². The van der Waals surface area contributed by atoms with Crippen LogP contribution in [0.15, 0.2) is 48.5 Å². The van der Waals surface area contributed by atoms with E-state index in [9.17, 15) is 13.2 Å². The third kappa shape index (κ3) is 6.31. The van der Waals surface area contributed by atoms with Crippen LogP contribution in [0.4, 0.5) is 18.9 Å². The Hall–Kier alpha value is -2.52. The standard InChI is InChI=1S/C9H10F3N.C9H10N2/c1-2-13-8-5-3-7(4-6-8)9(10,11)12;1-7(11)9-4-2-8(6-10)3-5-9/h3-6,13H,2H2,1H3;2-5,7H,11H2,1H3. The van der Waals surface area contributed by atoms with Gasteiger partial charge in [0.1, 0.15) is 0 Å². The van der Waals surface area contributed by atoms with Gasteiger partial charge in [-0.3, -0.25) is 0 Å². The number of nitrogens with one attached hydrogen (secondary N) is 1. The van der Waals surface area contributed by atoms with E-state index in [1.807, 2.05) is 26.0 Å². The predicted octanol–water partition coefficient (Wildman–Crippen LogP) is 4.72. The van der Waals surface area contributed by atoms with Gasteiger partial charge in [-0.25, -0.2) is 0 Å². The summed E-state index contributed by atoms with van der Waals surface area (Å²) in [7, 11) is 0. The van der Waals surface area contributed by atoms with Crippen molar-refractivity contribution in [2.45, 2.75) is 26.1 Å². The van der Waals surface area contributed by atoms with Crippen molar-refractivity contribution in [3.05, 3.63) is 65.2 Å². The van der Waals surface area contributed by atoms with Crippen LogP contribution in [0.2, 0.25) is 0 Å². The van der Waals surface area contributed by atoms with Gasteiger partial charge >= 0.3 is 6.18 Å². The van der Waals surface area contributed by atoms with Gasteiger partial charge in [0.05, 0.1) is 17.2 Å². The van der Waals surface area contributed by atoms with Crippen molar-refractivity contribution >= 4 is 5.69 Å². The van der Waals surface area contributed by atoms with E-state index in [-0.39, 0.29) is 6.04 Å². The second kappa shape index (κ2) is 8.94. The van der Waals surface area contributed by atoms with Crippen LogP contribution in [0.1, 0.15) is 36.6 Å². The molecule has 0 aliphatic carbocycles. The monoisotopic (exact) mass is 335 g/mol. The summed E-state index contributed by atoms with van der Waals surface area (Å²) in [6.07, 6.45) is -4.25. The van der Waals surface area contributed by atoms with Gasteiger partial charge in [0.15, 0.2) is 0 Å². The Bertz CT molecular complexity index is 654. The number of hydrogen-bond donors (Lipinski definition) is 2. The molecule has 6 heteroatoms. The molecule has 0 fully saturated rings. The van der Waals surface area contributed by atoms with Crippen molar-refractivity contribution < 1.29 is 13.2 Å². The average molecular weight is 335 g/mol. The highest BCUT2D eigenvalue weighted by Crippen LogP contribution is 2.29. The van der Waals surface area contributed by atoms with Crippen LogP contribution in [0.25, 0.3) is 0 Å². The largest absolute Gasteiger partial charge is 0.416 e. The molecule has 0 bridgehead atoms. The van der Waals surface area contributed by atoms with Crippen LogP contribution in [0.5, 0.6) is 0 Å². The first-order valence-corrected chi connectivity index (χ1v) is 7.44. The molecule has 0 amide bonds. The number of rotatable bonds is 3. The van der Waals surface area contributed by atoms with Crippen LogP contribution >= 0.6 is 0 Å². The molecule has 128 valence electrons. The van der Waals surface area contributed by atoms with Crippen LogP contribution in [0.3, 0.4) is 0 Å². The molecule has 0 aliphatic heterocycles. The normalized spacial score (nSPS) is 11.7. The van der Waals surface area contributed by atoms with Crippen molar-refractivity contribution in [1.29, 1.82) is 5.26 Å². The zero-order chi connectivity index (χ0) is 18.2. The summed E-state index contributed by atoms with van der Waals surface area (Å²) < 4.78 is 36.3. The second-order valence-corrected chi connectivity index (χ2v) is 5.13. The fourth-order valence-electron chi connectivity index (χ4n) is 1.84. The van der Waals surface area contributed by atoms with Crippen LogP contribution in [-0.4, -0.2) is 6.54 Å². The lowest BCUT2D eigenvalue weighted by molar-refractivity contribution is -0.137. The van der Waals surface area contributed by atoms with Gasteiger partial charge in [-0.15, -0.1) is 0 Å².